The van der Waals surface area contributed by atoms with Gasteiger partial charge in [0.2, 0.25) is 0 Å². The molecule has 2 aromatic heterocycles. The van der Waals surface area contributed by atoms with Crippen LogP contribution < -0.4 is 139 Å². The molecule has 62 heavy (non-hydrogen) atoms. The van der Waals surface area contributed by atoms with E-state index >= 15 is 0 Å². The van der Waals surface area contributed by atoms with Crippen LogP contribution in [0.3, 0.4) is 0 Å². The summed E-state index contributed by atoms with van der Waals surface area (Å²) in [4.78, 5) is 20.9. The smallest absolute Gasteiger partial charge is 0.744 e. The van der Waals surface area contributed by atoms with Crippen LogP contribution in [0.25, 0.3) is 12.2 Å². The summed E-state index contributed by atoms with van der Waals surface area (Å²) in [6.45, 7) is 0. The Balaban J connectivity index is 0.00000331. The molecule has 6 aromatic rings. The summed E-state index contributed by atoms with van der Waals surface area (Å²) in [7, 11) is -20.1. The SMILES string of the molecule is O=S(=O)([O-])c1ccc(NN(c2ccc(C=Cc3ccc(N(Nc4ccc(S(=O)(=O)[O-])cc4)c4ncncn4)cc3S(=O)(=O)[O-])c(S(=O)(=O)[O-])c2)c2ncncn2)cc1.[Na+].[Na+].[Na+].[Na+]. The predicted octanol–water partition coefficient (Wildman–Crippen LogP) is -9.81. The van der Waals surface area contributed by atoms with E-state index in [0.29, 0.717) is 0 Å². The number of hydrogen-bond donors (Lipinski definition) is 2. The van der Waals surface area contributed by atoms with E-state index in [9.17, 15) is 51.9 Å². The molecular formula is C32H22N10Na4O12S4. The molecule has 300 valence electrons. The first-order chi connectivity index (χ1) is 27.3. The molecule has 0 saturated heterocycles. The number of hydrazine groups is 2. The van der Waals surface area contributed by atoms with E-state index in [4.69, 9.17) is 0 Å². The van der Waals surface area contributed by atoms with Crippen LogP contribution in [0.1, 0.15) is 11.1 Å². The van der Waals surface area contributed by atoms with Crippen LogP contribution in [-0.4, -0.2) is 81.8 Å². The average Bonchev–Trinajstić information content (AvgIpc) is 3.18. The molecule has 2 heterocycles. The van der Waals surface area contributed by atoms with Gasteiger partial charge in [0, 0.05) is 0 Å². The van der Waals surface area contributed by atoms with Crippen LogP contribution >= 0.6 is 0 Å². The molecule has 0 saturated carbocycles. The van der Waals surface area contributed by atoms with Crippen molar-refractivity contribution in [3.05, 3.63) is 121 Å². The summed E-state index contributed by atoms with van der Waals surface area (Å²) in [5, 5.41) is 2.25. The van der Waals surface area contributed by atoms with Crippen molar-refractivity contribution in [1.82, 2.24) is 29.9 Å². The second kappa shape index (κ2) is 23.1. The van der Waals surface area contributed by atoms with Crippen LogP contribution in [-0.2, 0) is 40.5 Å². The molecule has 0 unspecified atom stereocenters. The molecule has 0 fully saturated rings. The number of hydrogen-bond acceptors (Lipinski definition) is 22. The topological polar surface area (TPSA) is 337 Å². The van der Waals surface area contributed by atoms with Crippen molar-refractivity contribution >= 4 is 87.3 Å². The van der Waals surface area contributed by atoms with Crippen molar-refractivity contribution in [2.45, 2.75) is 19.6 Å². The van der Waals surface area contributed by atoms with Gasteiger partial charge >= 0.3 is 118 Å². The number of nitrogens with zero attached hydrogens (tertiary/aromatic N) is 8. The molecule has 0 spiro atoms. The van der Waals surface area contributed by atoms with E-state index in [-0.39, 0.29) is 164 Å². The Morgan fingerprint density at radius 1 is 0.435 bits per heavy atom. The van der Waals surface area contributed by atoms with Crippen LogP contribution in [0, 0.1) is 0 Å². The predicted molar refractivity (Wildman–Crippen MR) is 198 cm³/mol. The second-order valence-corrected chi connectivity index (χ2v) is 16.9. The molecule has 0 amide bonds. The minimum Gasteiger partial charge on any atom is -0.744 e. The van der Waals surface area contributed by atoms with Gasteiger partial charge in [-0.05, 0) is 83.9 Å². The molecule has 0 bridgehead atoms. The summed E-state index contributed by atoms with van der Waals surface area (Å²) in [5.41, 5.74) is 5.45. The van der Waals surface area contributed by atoms with Gasteiger partial charge in [-0.1, -0.05) is 24.3 Å². The summed E-state index contributed by atoms with van der Waals surface area (Å²) in [5.74, 6) is -0.238. The Hall–Kier alpha value is -2.52. The zero-order valence-corrected chi connectivity index (χ0v) is 43.9. The van der Waals surface area contributed by atoms with Gasteiger partial charge in [-0.15, -0.1) is 0 Å². The fourth-order valence-electron chi connectivity index (χ4n) is 5.02. The van der Waals surface area contributed by atoms with E-state index in [2.05, 4.69) is 40.8 Å². The van der Waals surface area contributed by atoms with Gasteiger partial charge in [-0.25, -0.2) is 53.7 Å². The molecule has 0 aliphatic heterocycles. The molecule has 22 nitrogen and oxygen atoms in total. The zero-order valence-electron chi connectivity index (χ0n) is 32.7. The number of nitrogens with one attached hydrogen (secondary N) is 2. The zero-order chi connectivity index (χ0) is 41.9. The first-order valence-corrected chi connectivity index (χ1v) is 21.3. The number of anilines is 6. The molecule has 6 rings (SSSR count). The molecule has 2 N–H and O–H groups in total. The first-order valence-electron chi connectivity index (χ1n) is 15.6. The quantitative estimate of drug-likeness (QED) is 0.0443. The third kappa shape index (κ3) is 14.5. The molecular weight excluding hydrogens is 937 g/mol. The summed E-state index contributed by atoms with van der Waals surface area (Å²) >= 11 is 0. The summed E-state index contributed by atoms with van der Waals surface area (Å²) < 4.78 is 144. The maximum atomic E-state index is 12.6. The normalized spacial score (nSPS) is 11.5. The monoisotopic (exact) mass is 958 g/mol. The fourth-order valence-corrected chi connectivity index (χ4v) is 7.34. The molecule has 0 aliphatic rings. The van der Waals surface area contributed by atoms with Crippen molar-refractivity contribution in [2.75, 3.05) is 20.9 Å². The van der Waals surface area contributed by atoms with Gasteiger partial charge in [0.15, 0.2) is 0 Å². The van der Waals surface area contributed by atoms with Crippen molar-refractivity contribution in [2.24, 2.45) is 0 Å². The molecule has 30 heteroatoms. The van der Waals surface area contributed by atoms with Crippen LogP contribution in [0.5, 0.6) is 0 Å². The van der Waals surface area contributed by atoms with E-state index in [0.717, 1.165) is 83.9 Å². The fraction of sp³-hybridized carbons (Fsp3) is 0. The molecule has 0 radical (unpaired) electrons. The third-order valence-electron chi connectivity index (χ3n) is 7.62. The van der Waals surface area contributed by atoms with Crippen LogP contribution in [0.15, 0.2) is 130 Å². The molecule has 0 aliphatic carbocycles. The molecule has 4 aromatic carbocycles. The van der Waals surface area contributed by atoms with Crippen molar-refractivity contribution < 1.29 is 170 Å². The van der Waals surface area contributed by atoms with Crippen LogP contribution in [0.2, 0.25) is 0 Å². The Labute approximate surface area is 443 Å². The van der Waals surface area contributed by atoms with Gasteiger partial charge in [0.1, 0.15) is 65.8 Å². The molecule has 0 atom stereocenters. The average molecular weight is 959 g/mol. The van der Waals surface area contributed by atoms with Gasteiger partial charge in [0.05, 0.1) is 42.3 Å². The van der Waals surface area contributed by atoms with Gasteiger partial charge < -0.3 is 18.2 Å². The van der Waals surface area contributed by atoms with E-state index in [1.807, 2.05) is 0 Å². The minimum atomic E-state index is -5.27. The minimum absolute atomic E-state index is 0. The third-order valence-corrected chi connectivity index (χ3v) is 11.1. The largest absolute Gasteiger partial charge is 1.00 e. The number of benzene rings is 4. The summed E-state index contributed by atoms with van der Waals surface area (Å²) in [6, 6.07) is 15.9. The van der Waals surface area contributed by atoms with E-state index in [1.165, 1.54) is 48.5 Å². The maximum absolute atomic E-state index is 12.6. The van der Waals surface area contributed by atoms with E-state index < -0.39 is 60.1 Å². The summed E-state index contributed by atoms with van der Waals surface area (Å²) in [6.07, 6.45) is 6.60. The Bertz CT molecular complexity index is 2770. The van der Waals surface area contributed by atoms with Crippen molar-refractivity contribution in [3.8, 4) is 0 Å². The Kier molecular flexibility index (Phi) is 20.7. The van der Waals surface area contributed by atoms with Crippen molar-refractivity contribution in [3.63, 3.8) is 0 Å². The van der Waals surface area contributed by atoms with Crippen LogP contribution in [0.4, 0.5) is 34.6 Å². The standard InChI is InChI=1S/C32H26N10O12S4.4Na/c43-55(44,45)27-11-5-23(6-12-27)39-41(31-35-17-33-18-36-31)25-9-3-21(29(15-25)57(49,50)51)1-2-22-4-10-26(16-30(22)58(52,53)54)42(32-37-19-34-20-38-32)40-24-7-13-28(14-8-24)56(46,47)48;;;;/h1-20,39-40H,(H,43,44,45)(H,46,47,48)(H,49,50,51)(H,52,53,54);;;;/q;4*+1/p-4. The van der Waals surface area contributed by atoms with Gasteiger partial charge in [-0.2, -0.15) is 19.9 Å². The Morgan fingerprint density at radius 2 is 0.742 bits per heavy atom. The number of aromatic nitrogens is 6. The number of rotatable bonds is 14. The Morgan fingerprint density at radius 3 is 1.02 bits per heavy atom. The first kappa shape index (κ1) is 55.6. The van der Waals surface area contributed by atoms with Gasteiger partial charge in [0.25, 0.3) is 11.9 Å². The van der Waals surface area contributed by atoms with Crippen molar-refractivity contribution in [1.29, 1.82) is 0 Å². The van der Waals surface area contributed by atoms with Gasteiger partial charge in [-0.3, -0.25) is 10.9 Å². The van der Waals surface area contributed by atoms with E-state index in [1.54, 1.807) is 0 Å². The maximum Gasteiger partial charge on any atom is 1.00 e. The second-order valence-electron chi connectivity index (χ2n) is 11.4.